The van der Waals surface area contributed by atoms with Gasteiger partial charge in [0.2, 0.25) is 0 Å². The van der Waals surface area contributed by atoms with Crippen LogP contribution in [-0.4, -0.2) is 17.4 Å². The lowest BCUT2D eigenvalue weighted by Gasteiger charge is -2.22. The Balaban J connectivity index is 3.18. The van der Waals surface area contributed by atoms with Crippen LogP contribution in [0, 0.1) is 0 Å². The van der Waals surface area contributed by atoms with Crippen molar-refractivity contribution in [2.75, 3.05) is 0 Å². The highest BCUT2D eigenvalue weighted by Crippen LogP contribution is 2.14. The summed E-state index contributed by atoms with van der Waals surface area (Å²) in [5.41, 5.74) is 0. The summed E-state index contributed by atoms with van der Waals surface area (Å²) < 4.78 is 6.20. The van der Waals surface area contributed by atoms with Crippen LogP contribution in [0.15, 0.2) is 0 Å². The van der Waals surface area contributed by atoms with Gasteiger partial charge < -0.3 is 4.12 Å². The van der Waals surface area contributed by atoms with Crippen LogP contribution in [0.25, 0.3) is 0 Å². The quantitative estimate of drug-likeness (QED) is 0.294. The molecule has 0 N–H and O–H groups in total. The van der Waals surface area contributed by atoms with Crippen molar-refractivity contribution >= 4 is 17.4 Å². The smallest absolute Gasteiger partial charge is 0.170 e. The molecule has 116 valence electrons. The average molecular weight is 303 g/mol. The number of unbranched alkanes of at least 4 members (excludes halogenated alkanes) is 9. The fourth-order valence-corrected chi connectivity index (χ4v) is 8.75. The molecule has 0 radical (unpaired) electrons. The zero-order valence-electron chi connectivity index (χ0n) is 14.3. The summed E-state index contributed by atoms with van der Waals surface area (Å²) in [6.45, 7) is 11.6. The Morgan fingerprint density at radius 3 is 1.58 bits per heavy atom. The third kappa shape index (κ3) is 16.3. The van der Waals surface area contributed by atoms with Gasteiger partial charge in [0, 0.05) is 0 Å². The van der Waals surface area contributed by atoms with Crippen molar-refractivity contribution in [1.82, 2.24) is 0 Å². The van der Waals surface area contributed by atoms with Gasteiger partial charge >= 0.3 is 0 Å². The molecule has 0 aromatic rings. The van der Waals surface area contributed by atoms with E-state index >= 15 is 0 Å². The van der Waals surface area contributed by atoms with Gasteiger partial charge in [0.25, 0.3) is 0 Å². The van der Waals surface area contributed by atoms with E-state index < -0.39 is 17.4 Å². The Morgan fingerprint density at radius 1 is 0.737 bits per heavy atom. The largest absolute Gasteiger partial charge is 0.458 e. The molecule has 0 aliphatic carbocycles. The van der Waals surface area contributed by atoms with Crippen molar-refractivity contribution in [2.45, 2.75) is 103 Å². The summed E-state index contributed by atoms with van der Waals surface area (Å²) >= 11 is 0. The monoisotopic (exact) mass is 302 g/mol. The van der Waals surface area contributed by atoms with E-state index in [1.807, 2.05) is 0 Å². The molecule has 0 saturated heterocycles. The molecule has 0 bridgehead atoms. The summed E-state index contributed by atoms with van der Waals surface area (Å²) in [7, 11) is -2.10. The molecule has 0 aromatic heterocycles. The fourth-order valence-electron chi connectivity index (χ4n) is 2.58. The third-order valence-corrected chi connectivity index (χ3v) is 9.18. The van der Waals surface area contributed by atoms with Crippen LogP contribution in [0.5, 0.6) is 0 Å². The number of rotatable bonds is 13. The zero-order chi connectivity index (χ0) is 14.6. The molecule has 0 heterocycles. The second-order valence-corrected chi connectivity index (χ2v) is 14.4. The van der Waals surface area contributed by atoms with Crippen LogP contribution in [0.1, 0.15) is 71.1 Å². The zero-order valence-corrected chi connectivity index (χ0v) is 16.4. The van der Waals surface area contributed by atoms with Crippen molar-refractivity contribution in [3.05, 3.63) is 0 Å². The van der Waals surface area contributed by atoms with Crippen LogP contribution >= 0.6 is 0 Å². The minimum Gasteiger partial charge on any atom is -0.458 e. The van der Waals surface area contributed by atoms with Gasteiger partial charge in [-0.25, -0.2) is 0 Å². The molecule has 0 aliphatic heterocycles. The second kappa shape index (κ2) is 12.2. The SMILES string of the molecule is CCCCCCCCCCCC[SiH](C)O[Si](C)(C)C. The van der Waals surface area contributed by atoms with Crippen LogP contribution < -0.4 is 0 Å². The molecule has 0 aromatic carbocycles. The lowest BCUT2D eigenvalue weighted by atomic mass is 10.1. The first-order valence-electron chi connectivity index (χ1n) is 8.63. The van der Waals surface area contributed by atoms with E-state index in [-0.39, 0.29) is 0 Å². The number of hydrogen-bond donors (Lipinski definition) is 0. The molecular formula is C16H38OSi2. The van der Waals surface area contributed by atoms with Crippen molar-refractivity contribution in [3.63, 3.8) is 0 Å². The standard InChI is InChI=1S/C16H38OSi2/c1-6-7-8-9-10-11-12-13-14-15-16-18(2)17-19(3,4)5/h18H,6-16H2,1-5H3. The first-order valence-corrected chi connectivity index (χ1v) is 14.5. The van der Waals surface area contributed by atoms with Crippen LogP contribution in [-0.2, 0) is 4.12 Å². The van der Waals surface area contributed by atoms with Crippen LogP contribution in [0.2, 0.25) is 32.2 Å². The van der Waals surface area contributed by atoms with Gasteiger partial charge in [-0.2, -0.15) is 0 Å². The second-order valence-electron chi connectivity index (χ2n) is 7.01. The Morgan fingerprint density at radius 2 is 1.16 bits per heavy atom. The predicted molar refractivity (Wildman–Crippen MR) is 94.1 cm³/mol. The maximum atomic E-state index is 6.20. The molecule has 0 aliphatic rings. The summed E-state index contributed by atoms with van der Waals surface area (Å²) in [6.07, 6.45) is 14.4. The van der Waals surface area contributed by atoms with E-state index in [9.17, 15) is 0 Å². The molecule has 0 fully saturated rings. The van der Waals surface area contributed by atoms with Gasteiger partial charge in [-0.05, 0) is 32.2 Å². The maximum absolute atomic E-state index is 6.20. The van der Waals surface area contributed by atoms with E-state index in [0.29, 0.717) is 0 Å². The Bertz CT molecular complexity index is 190. The first kappa shape index (κ1) is 19.4. The predicted octanol–water partition coefficient (Wildman–Crippen LogP) is 6.11. The van der Waals surface area contributed by atoms with Crippen LogP contribution in [0.4, 0.5) is 0 Å². The van der Waals surface area contributed by atoms with Crippen LogP contribution in [0.3, 0.4) is 0 Å². The maximum Gasteiger partial charge on any atom is 0.170 e. The normalized spacial score (nSPS) is 13.7. The highest BCUT2D eigenvalue weighted by atomic mass is 28.4. The molecule has 1 nitrogen and oxygen atoms in total. The molecule has 3 heteroatoms. The highest BCUT2D eigenvalue weighted by Gasteiger charge is 2.18. The molecule has 0 amide bonds. The molecule has 0 spiro atoms. The van der Waals surface area contributed by atoms with Crippen molar-refractivity contribution < 1.29 is 4.12 Å². The average Bonchev–Trinajstić information content (AvgIpc) is 2.29. The van der Waals surface area contributed by atoms with Gasteiger partial charge in [0.1, 0.15) is 0 Å². The minimum absolute atomic E-state index is 0.844. The van der Waals surface area contributed by atoms with E-state index in [1.54, 1.807) is 0 Å². The van der Waals surface area contributed by atoms with E-state index in [1.165, 1.54) is 70.3 Å². The summed E-state index contributed by atoms with van der Waals surface area (Å²) in [5, 5.41) is 0. The van der Waals surface area contributed by atoms with Gasteiger partial charge in [0.05, 0.1) is 0 Å². The van der Waals surface area contributed by atoms with E-state index in [2.05, 4.69) is 33.1 Å². The Kier molecular flexibility index (Phi) is 12.4. The topological polar surface area (TPSA) is 9.23 Å². The van der Waals surface area contributed by atoms with Crippen molar-refractivity contribution in [1.29, 1.82) is 0 Å². The molecule has 19 heavy (non-hydrogen) atoms. The summed E-state index contributed by atoms with van der Waals surface area (Å²) in [4.78, 5) is 0. The lowest BCUT2D eigenvalue weighted by molar-refractivity contribution is 0.547. The summed E-state index contributed by atoms with van der Waals surface area (Å²) in [5.74, 6) is 0. The van der Waals surface area contributed by atoms with Gasteiger partial charge in [-0.15, -0.1) is 0 Å². The summed E-state index contributed by atoms with van der Waals surface area (Å²) in [6, 6.07) is 1.39. The van der Waals surface area contributed by atoms with Crippen molar-refractivity contribution in [2.24, 2.45) is 0 Å². The fraction of sp³-hybridized carbons (Fsp3) is 1.00. The van der Waals surface area contributed by atoms with E-state index in [4.69, 9.17) is 4.12 Å². The molecule has 1 unspecified atom stereocenters. The molecular weight excluding hydrogens is 264 g/mol. The Hall–Kier alpha value is 0.394. The highest BCUT2D eigenvalue weighted by molar-refractivity contribution is 6.77. The number of hydrogen-bond acceptors (Lipinski definition) is 1. The molecule has 1 atom stereocenters. The third-order valence-electron chi connectivity index (χ3n) is 3.52. The first-order chi connectivity index (χ1) is 8.95. The van der Waals surface area contributed by atoms with Gasteiger partial charge in [-0.3, -0.25) is 0 Å². The Labute approximate surface area is 125 Å². The van der Waals surface area contributed by atoms with Crippen molar-refractivity contribution in [3.8, 4) is 0 Å². The van der Waals surface area contributed by atoms with Gasteiger partial charge in [-0.1, -0.05) is 71.1 Å². The van der Waals surface area contributed by atoms with Gasteiger partial charge in [0.15, 0.2) is 17.4 Å². The minimum atomic E-state index is -1.26. The van der Waals surface area contributed by atoms with E-state index in [0.717, 1.165) is 0 Å². The molecule has 0 saturated carbocycles. The lowest BCUT2D eigenvalue weighted by Crippen LogP contribution is -2.32. The molecule has 0 rings (SSSR count).